The average molecular weight is 522 g/mol. The molecule has 1 aromatic carbocycles. The topological polar surface area (TPSA) is 72.6 Å². The second-order valence-electron chi connectivity index (χ2n) is 10.5. The summed E-state index contributed by atoms with van der Waals surface area (Å²) >= 11 is 8.52. The maximum atomic E-state index is 13.6. The molecule has 0 N–H and O–H groups in total. The van der Waals surface area contributed by atoms with Crippen molar-refractivity contribution in [1.29, 1.82) is 0 Å². The van der Waals surface area contributed by atoms with Gasteiger partial charge in [0, 0.05) is 53.2 Å². The van der Waals surface area contributed by atoms with E-state index in [1.807, 2.05) is 37.1 Å². The van der Waals surface area contributed by atoms with E-state index in [-0.39, 0.29) is 23.4 Å². The van der Waals surface area contributed by atoms with Gasteiger partial charge >= 0.3 is 0 Å². The zero-order chi connectivity index (χ0) is 24.6. The predicted octanol–water partition coefficient (Wildman–Crippen LogP) is 4.48. The van der Waals surface area contributed by atoms with Crippen molar-refractivity contribution in [2.75, 3.05) is 20.3 Å². The Morgan fingerprint density at radius 2 is 1.97 bits per heavy atom. The lowest BCUT2D eigenvalue weighted by Crippen LogP contribution is -2.43. The molecule has 1 spiro atoms. The molecule has 4 aliphatic rings. The second kappa shape index (κ2) is 8.23. The van der Waals surface area contributed by atoms with Crippen LogP contribution in [0.4, 0.5) is 0 Å². The summed E-state index contributed by atoms with van der Waals surface area (Å²) in [5.41, 5.74) is 3.88. The molecular formula is C27H28ClN5O2S. The maximum absolute atomic E-state index is 13.6. The molecule has 9 heteroatoms. The molecule has 0 radical (unpaired) electrons. The lowest BCUT2D eigenvalue weighted by molar-refractivity contribution is -0.137. The molecule has 2 fully saturated rings. The molecule has 0 bridgehead atoms. The highest BCUT2D eigenvalue weighted by Gasteiger charge is 2.52. The first-order chi connectivity index (χ1) is 17.5. The van der Waals surface area contributed by atoms with Gasteiger partial charge in [0.05, 0.1) is 5.71 Å². The quantitative estimate of drug-likeness (QED) is 0.509. The number of fused-ring (bicyclic) bond motifs is 6. The number of hydrogen-bond donors (Lipinski definition) is 0. The fourth-order valence-electron chi connectivity index (χ4n) is 6.07. The van der Waals surface area contributed by atoms with Gasteiger partial charge in [0.2, 0.25) is 5.91 Å². The van der Waals surface area contributed by atoms with Crippen LogP contribution in [0.2, 0.25) is 5.02 Å². The first-order valence-corrected chi connectivity index (χ1v) is 13.9. The fourth-order valence-corrected chi connectivity index (χ4v) is 7.75. The molecule has 0 unspecified atom stereocenters. The van der Waals surface area contributed by atoms with E-state index in [9.17, 15) is 4.79 Å². The van der Waals surface area contributed by atoms with Crippen LogP contribution in [0.1, 0.15) is 58.9 Å². The number of amides is 1. The van der Waals surface area contributed by atoms with E-state index < -0.39 is 0 Å². The van der Waals surface area contributed by atoms with E-state index in [1.54, 1.807) is 11.3 Å². The van der Waals surface area contributed by atoms with Gasteiger partial charge in [-0.15, -0.1) is 21.5 Å². The van der Waals surface area contributed by atoms with E-state index in [2.05, 4.69) is 20.8 Å². The van der Waals surface area contributed by atoms with E-state index in [4.69, 9.17) is 21.3 Å². The number of aromatic nitrogens is 3. The van der Waals surface area contributed by atoms with Crippen LogP contribution in [-0.4, -0.2) is 57.6 Å². The molecule has 36 heavy (non-hydrogen) atoms. The summed E-state index contributed by atoms with van der Waals surface area (Å²) in [4.78, 5) is 22.2. The number of nitrogens with zero attached hydrogens (tertiary/aromatic N) is 5. The standard InChI is InChI=1S/C27H28ClN5O2S/c1-15-30-31-26-27(9-10-27)29-23(18-5-3-4-6-20(18)28)22-19-13-16(14-21(19)36-25(22)33(15)26)24(34)32(2)17-7-11-35-12-8-17/h3-6,16-17H,7-14H2,1-2H3/t16-/m0/s1. The monoisotopic (exact) mass is 521 g/mol. The van der Waals surface area contributed by atoms with Crippen LogP contribution in [-0.2, 0) is 27.9 Å². The minimum absolute atomic E-state index is 0.0449. The normalized spacial score (nSPS) is 22.0. The minimum Gasteiger partial charge on any atom is -0.381 e. The number of thiophene rings is 1. The molecule has 2 aromatic heterocycles. The molecule has 4 heterocycles. The first-order valence-electron chi connectivity index (χ1n) is 12.7. The van der Waals surface area contributed by atoms with Crippen molar-refractivity contribution >= 4 is 34.6 Å². The number of hydrogen-bond acceptors (Lipinski definition) is 6. The smallest absolute Gasteiger partial charge is 0.226 e. The van der Waals surface area contributed by atoms with Gasteiger partial charge in [-0.3, -0.25) is 14.4 Å². The van der Waals surface area contributed by atoms with Gasteiger partial charge in [0.1, 0.15) is 16.4 Å². The van der Waals surface area contributed by atoms with Crippen molar-refractivity contribution in [3.05, 3.63) is 62.5 Å². The third kappa shape index (κ3) is 3.34. The molecule has 7 nitrogen and oxygen atoms in total. The molecule has 1 atom stereocenters. The number of ether oxygens (including phenoxy) is 1. The summed E-state index contributed by atoms with van der Waals surface area (Å²) in [5, 5.41) is 10.8. The Balaban J connectivity index is 1.33. The fraction of sp³-hybridized carbons (Fsp3) is 0.481. The Hall–Kier alpha value is -2.55. The SMILES string of the molecule is Cc1nnc2n1-c1sc3c(c1C(c1ccccc1Cl)=NC21CC1)C[C@H](C(=O)N(C)C1CCOCC1)C3. The van der Waals surface area contributed by atoms with Gasteiger partial charge in [-0.1, -0.05) is 29.8 Å². The zero-order valence-corrected chi connectivity index (χ0v) is 22.0. The van der Waals surface area contributed by atoms with Gasteiger partial charge < -0.3 is 9.64 Å². The van der Waals surface area contributed by atoms with Crippen LogP contribution in [0.25, 0.3) is 5.00 Å². The Labute approximate surface area is 219 Å². The van der Waals surface area contributed by atoms with Gasteiger partial charge in [0.15, 0.2) is 5.82 Å². The van der Waals surface area contributed by atoms with Gasteiger partial charge in [-0.2, -0.15) is 0 Å². The molecule has 1 saturated carbocycles. The molecule has 186 valence electrons. The highest BCUT2D eigenvalue weighted by molar-refractivity contribution is 7.15. The largest absolute Gasteiger partial charge is 0.381 e. The van der Waals surface area contributed by atoms with Gasteiger partial charge in [-0.05, 0) is 57.1 Å². The summed E-state index contributed by atoms with van der Waals surface area (Å²) in [6.07, 6.45) is 5.21. The van der Waals surface area contributed by atoms with Crippen molar-refractivity contribution in [2.45, 2.75) is 57.0 Å². The Kier molecular flexibility index (Phi) is 5.17. The Morgan fingerprint density at radius 1 is 1.19 bits per heavy atom. The summed E-state index contributed by atoms with van der Waals surface area (Å²) in [6, 6.07) is 8.21. The van der Waals surface area contributed by atoms with Crippen LogP contribution in [0.5, 0.6) is 0 Å². The first kappa shape index (κ1) is 22.6. The van der Waals surface area contributed by atoms with Crippen molar-refractivity contribution in [2.24, 2.45) is 10.9 Å². The second-order valence-corrected chi connectivity index (χ2v) is 12.0. The number of aryl methyl sites for hydroxylation is 1. The van der Waals surface area contributed by atoms with Crippen LogP contribution < -0.4 is 0 Å². The molecule has 3 aromatic rings. The van der Waals surface area contributed by atoms with E-state index in [1.165, 1.54) is 10.4 Å². The van der Waals surface area contributed by atoms with Crippen molar-refractivity contribution < 1.29 is 9.53 Å². The molecule has 2 aliphatic heterocycles. The summed E-state index contributed by atoms with van der Waals surface area (Å²) in [7, 11) is 1.96. The van der Waals surface area contributed by atoms with Crippen molar-refractivity contribution in [1.82, 2.24) is 19.7 Å². The van der Waals surface area contributed by atoms with E-state index >= 15 is 0 Å². The van der Waals surface area contributed by atoms with Crippen LogP contribution in [0.15, 0.2) is 29.3 Å². The van der Waals surface area contributed by atoms with E-state index in [0.29, 0.717) is 5.02 Å². The van der Waals surface area contributed by atoms with Gasteiger partial charge in [0.25, 0.3) is 0 Å². The molecule has 1 amide bonds. The third-order valence-electron chi connectivity index (χ3n) is 8.25. The number of carbonyl (C=O) groups excluding carboxylic acids is 1. The maximum Gasteiger partial charge on any atom is 0.226 e. The highest BCUT2D eigenvalue weighted by Crippen LogP contribution is 2.54. The minimum atomic E-state index is -0.349. The molecule has 7 rings (SSSR count). The van der Waals surface area contributed by atoms with Crippen LogP contribution >= 0.6 is 22.9 Å². The molecule has 1 saturated heterocycles. The number of aliphatic imine (C=N–C) groups is 1. The molecular weight excluding hydrogens is 494 g/mol. The number of halogens is 1. The summed E-state index contributed by atoms with van der Waals surface area (Å²) < 4.78 is 7.72. The zero-order valence-electron chi connectivity index (χ0n) is 20.5. The summed E-state index contributed by atoms with van der Waals surface area (Å²) in [6.45, 7) is 3.47. The van der Waals surface area contributed by atoms with Crippen molar-refractivity contribution in [3.63, 3.8) is 0 Å². The number of carbonyl (C=O) groups is 1. The molecule has 2 aliphatic carbocycles. The van der Waals surface area contributed by atoms with Crippen LogP contribution in [0.3, 0.4) is 0 Å². The Bertz CT molecular complexity index is 1420. The third-order valence-corrected chi connectivity index (χ3v) is 9.82. The lowest BCUT2D eigenvalue weighted by atomic mass is 9.96. The lowest BCUT2D eigenvalue weighted by Gasteiger charge is -2.33. The van der Waals surface area contributed by atoms with Crippen LogP contribution in [0, 0.1) is 12.8 Å². The predicted molar refractivity (Wildman–Crippen MR) is 139 cm³/mol. The van der Waals surface area contributed by atoms with Crippen molar-refractivity contribution in [3.8, 4) is 5.00 Å². The highest BCUT2D eigenvalue weighted by atomic mass is 35.5. The average Bonchev–Trinajstić information content (AvgIpc) is 3.23. The number of rotatable bonds is 3. The van der Waals surface area contributed by atoms with E-state index in [0.717, 1.165) is 85.2 Å². The Morgan fingerprint density at radius 3 is 2.72 bits per heavy atom. The number of benzene rings is 1. The summed E-state index contributed by atoms with van der Waals surface area (Å²) in [5.74, 6) is 2.00. The van der Waals surface area contributed by atoms with Gasteiger partial charge in [-0.25, -0.2) is 0 Å².